The molecule has 0 fully saturated rings. The van der Waals surface area contributed by atoms with Gasteiger partial charge < -0.3 is 5.73 Å². The maximum atomic E-state index is 13.6. The normalized spacial score (nSPS) is 13.6. The van der Waals surface area contributed by atoms with Gasteiger partial charge in [0.15, 0.2) is 0 Å². The Balaban J connectivity index is 3.04. The highest BCUT2D eigenvalue weighted by Gasteiger charge is 2.21. The van der Waals surface area contributed by atoms with Gasteiger partial charge in [0.2, 0.25) is 10.0 Å². The maximum absolute atomic E-state index is 13.6. The summed E-state index contributed by atoms with van der Waals surface area (Å²) in [5.41, 5.74) is 6.01. The van der Waals surface area contributed by atoms with Crippen molar-refractivity contribution in [1.29, 1.82) is 0 Å². The summed E-state index contributed by atoms with van der Waals surface area (Å²) in [6.07, 6.45) is 1.56. The predicted octanol–water partition coefficient (Wildman–Crippen LogP) is 1.75. The van der Waals surface area contributed by atoms with Crippen LogP contribution < -0.4 is 10.5 Å². The van der Waals surface area contributed by atoms with Crippen LogP contribution in [0.4, 0.5) is 4.39 Å². The standard InChI is InChI=1S/C12H19FN2O2S/c1-3-4-9(2)15-18(16,17)12-7-10(8-14)5-6-11(12)13/h5-7,9,15H,3-4,8,14H2,1-2H3. The van der Waals surface area contributed by atoms with Gasteiger partial charge in [-0.1, -0.05) is 19.4 Å². The molecule has 1 rings (SSSR count). The summed E-state index contributed by atoms with van der Waals surface area (Å²) in [5.74, 6) is -0.761. The number of hydrogen-bond donors (Lipinski definition) is 2. The first-order chi connectivity index (χ1) is 8.40. The third-order valence-electron chi connectivity index (χ3n) is 2.60. The lowest BCUT2D eigenvalue weighted by atomic mass is 10.2. The monoisotopic (exact) mass is 274 g/mol. The Morgan fingerprint density at radius 1 is 1.44 bits per heavy atom. The van der Waals surface area contributed by atoms with Gasteiger partial charge >= 0.3 is 0 Å². The lowest BCUT2D eigenvalue weighted by molar-refractivity contribution is 0.531. The lowest BCUT2D eigenvalue weighted by Crippen LogP contribution is -2.33. The average molecular weight is 274 g/mol. The number of hydrogen-bond acceptors (Lipinski definition) is 3. The molecule has 0 aromatic heterocycles. The molecule has 18 heavy (non-hydrogen) atoms. The first-order valence-electron chi connectivity index (χ1n) is 5.91. The van der Waals surface area contributed by atoms with E-state index in [1.807, 2.05) is 6.92 Å². The van der Waals surface area contributed by atoms with Crippen LogP contribution >= 0.6 is 0 Å². The summed E-state index contributed by atoms with van der Waals surface area (Å²) in [7, 11) is -3.83. The summed E-state index contributed by atoms with van der Waals surface area (Å²) in [5, 5.41) is 0. The van der Waals surface area contributed by atoms with E-state index in [9.17, 15) is 12.8 Å². The van der Waals surface area contributed by atoms with Crippen LogP contribution in [-0.2, 0) is 16.6 Å². The molecule has 0 radical (unpaired) electrons. The van der Waals surface area contributed by atoms with Crippen molar-refractivity contribution in [3.63, 3.8) is 0 Å². The maximum Gasteiger partial charge on any atom is 0.243 e. The second kappa shape index (κ2) is 6.26. The molecule has 0 aliphatic heterocycles. The van der Waals surface area contributed by atoms with Crippen molar-refractivity contribution in [2.24, 2.45) is 5.73 Å². The van der Waals surface area contributed by atoms with Crippen LogP contribution in [0, 0.1) is 5.82 Å². The molecule has 0 bridgehead atoms. The summed E-state index contributed by atoms with van der Waals surface area (Å²) < 4.78 is 40.1. The number of sulfonamides is 1. The van der Waals surface area contributed by atoms with Crippen molar-refractivity contribution in [3.8, 4) is 0 Å². The van der Waals surface area contributed by atoms with Gasteiger partial charge in [-0.3, -0.25) is 0 Å². The molecule has 1 aromatic carbocycles. The van der Waals surface area contributed by atoms with E-state index in [2.05, 4.69) is 4.72 Å². The second-order valence-electron chi connectivity index (χ2n) is 4.28. The van der Waals surface area contributed by atoms with Crippen LogP contribution in [0.2, 0.25) is 0 Å². The van der Waals surface area contributed by atoms with E-state index >= 15 is 0 Å². The first-order valence-corrected chi connectivity index (χ1v) is 7.39. The SMILES string of the molecule is CCCC(C)NS(=O)(=O)c1cc(CN)ccc1F. The highest BCUT2D eigenvalue weighted by atomic mass is 32.2. The summed E-state index contributed by atoms with van der Waals surface area (Å²) in [4.78, 5) is -0.339. The number of nitrogens with one attached hydrogen (secondary N) is 1. The van der Waals surface area contributed by atoms with E-state index in [1.165, 1.54) is 12.1 Å². The highest BCUT2D eigenvalue weighted by molar-refractivity contribution is 7.89. The van der Waals surface area contributed by atoms with Gasteiger partial charge in [0.05, 0.1) is 0 Å². The minimum absolute atomic E-state index is 0.174. The Kier molecular flexibility index (Phi) is 5.25. The van der Waals surface area contributed by atoms with Gasteiger partial charge in [-0.15, -0.1) is 0 Å². The topological polar surface area (TPSA) is 72.2 Å². The number of benzene rings is 1. The number of nitrogens with two attached hydrogens (primary N) is 1. The molecule has 4 nitrogen and oxygen atoms in total. The van der Waals surface area contributed by atoms with Crippen LogP contribution in [0.15, 0.2) is 23.1 Å². The molecular weight excluding hydrogens is 255 g/mol. The number of halogens is 1. The van der Waals surface area contributed by atoms with Crippen molar-refractivity contribution in [2.45, 2.75) is 44.2 Å². The van der Waals surface area contributed by atoms with E-state index in [4.69, 9.17) is 5.73 Å². The van der Waals surface area contributed by atoms with E-state index in [0.29, 0.717) is 12.0 Å². The lowest BCUT2D eigenvalue weighted by Gasteiger charge is -2.14. The Morgan fingerprint density at radius 3 is 2.67 bits per heavy atom. The molecule has 1 atom stereocenters. The van der Waals surface area contributed by atoms with Gasteiger partial charge in [0.25, 0.3) is 0 Å². The van der Waals surface area contributed by atoms with Crippen molar-refractivity contribution in [2.75, 3.05) is 0 Å². The average Bonchev–Trinajstić information content (AvgIpc) is 2.29. The van der Waals surface area contributed by atoms with Gasteiger partial charge in [0.1, 0.15) is 10.7 Å². The van der Waals surface area contributed by atoms with Gasteiger partial charge in [-0.05, 0) is 31.0 Å². The zero-order valence-corrected chi connectivity index (χ0v) is 11.4. The van der Waals surface area contributed by atoms with Crippen LogP contribution in [-0.4, -0.2) is 14.5 Å². The van der Waals surface area contributed by atoms with Gasteiger partial charge in [-0.2, -0.15) is 0 Å². The zero-order valence-electron chi connectivity index (χ0n) is 10.6. The third-order valence-corrected chi connectivity index (χ3v) is 4.20. The quantitative estimate of drug-likeness (QED) is 0.830. The Bertz CT molecular complexity index is 503. The molecule has 102 valence electrons. The van der Waals surface area contributed by atoms with E-state index in [1.54, 1.807) is 6.92 Å². The molecular formula is C12H19FN2O2S. The third kappa shape index (κ3) is 3.76. The summed E-state index contributed by atoms with van der Waals surface area (Å²) in [6, 6.07) is 3.66. The first kappa shape index (κ1) is 15.1. The fourth-order valence-electron chi connectivity index (χ4n) is 1.70. The molecule has 0 heterocycles. The molecule has 1 unspecified atom stereocenters. The predicted molar refractivity (Wildman–Crippen MR) is 69.0 cm³/mol. The van der Waals surface area contributed by atoms with Crippen molar-refractivity contribution in [3.05, 3.63) is 29.6 Å². The Labute approximate surface area is 107 Å². The second-order valence-corrected chi connectivity index (χ2v) is 5.96. The number of rotatable bonds is 6. The molecule has 0 saturated carbocycles. The minimum Gasteiger partial charge on any atom is -0.326 e. The van der Waals surface area contributed by atoms with Crippen LogP contribution in [0.1, 0.15) is 32.3 Å². The summed E-state index contributed by atoms with van der Waals surface area (Å²) in [6.45, 7) is 3.89. The molecule has 0 saturated heterocycles. The fourth-order valence-corrected chi connectivity index (χ4v) is 3.11. The summed E-state index contributed by atoms with van der Waals surface area (Å²) >= 11 is 0. The van der Waals surface area contributed by atoms with E-state index in [0.717, 1.165) is 12.5 Å². The highest BCUT2D eigenvalue weighted by Crippen LogP contribution is 2.17. The zero-order chi connectivity index (χ0) is 13.8. The van der Waals surface area contributed by atoms with E-state index < -0.39 is 15.8 Å². The fraction of sp³-hybridized carbons (Fsp3) is 0.500. The van der Waals surface area contributed by atoms with Crippen LogP contribution in [0.25, 0.3) is 0 Å². The minimum atomic E-state index is -3.83. The van der Waals surface area contributed by atoms with Crippen LogP contribution in [0.5, 0.6) is 0 Å². The Morgan fingerprint density at radius 2 is 2.11 bits per heavy atom. The molecule has 1 aromatic rings. The molecule has 6 heteroatoms. The Hall–Kier alpha value is -0.980. The van der Waals surface area contributed by atoms with Crippen LogP contribution in [0.3, 0.4) is 0 Å². The van der Waals surface area contributed by atoms with Gasteiger partial charge in [0, 0.05) is 12.6 Å². The molecule has 0 aliphatic carbocycles. The van der Waals surface area contributed by atoms with Crippen molar-refractivity contribution >= 4 is 10.0 Å². The van der Waals surface area contributed by atoms with E-state index in [-0.39, 0.29) is 17.5 Å². The smallest absolute Gasteiger partial charge is 0.243 e. The van der Waals surface area contributed by atoms with Crippen molar-refractivity contribution < 1.29 is 12.8 Å². The molecule has 3 N–H and O–H groups in total. The van der Waals surface area contributed by atoms with Crippen molar-refractivity contribution in [1.82, 2.24) is 4.72 Å². The molecule has 0 amide bonds. The molecule has 0 aliphatic rings. The molecule has 0 spiro atoms. The van der Waals surface area contributed by atoms with Gasteiger partial charge in [-0.25, -0.2) is 17.5 Å². The largest absolute Gasteiger partial charge is 0.326 e.